The van der Waals surface area contributed by atoms with Gasteiger partial charge in [0.15, 0.2) is 0 Å². The summed E-state index contributed by atoms with van der Waals surface area (Å²) in [5.41, 5.74) is 1.30. The third-order valence-electron chi connectivity index (χ3n) is 7.90. The normalized spacial score (nSPS) is 33.1. The third-order valence-corrected chi connectivity index (χ3v) is 7.90. The molecule has 1 saturated heterocycles. The van der Waals surface area contributed by atoms with E-state index in [4.69, 9.17) is 4.74 Å². The quantitative estimate of drug-likeness (QED) is 0.626. The van der Waals surface area contributed by atoms with Gasteiger partial charge in [-0.2, -0.15) is 5.26 Å². The molecule has 3 atom stereocenters. The van der Waals surface area contributed by atoms with Crippen LogP contribution in [0.25, 0.3) is 0 Å². The summed E-state index contributed by atoms with van der Waals surface area (Å²) in [6, 6.07) is 7.66. The Bertz CT molecular complexity index is 1040. The predicted octanol–water partition coefficient (Wildman–Crippen LogP) is 2.67. The van der Waals surface area contributed by atoms with Gasteiger partial charge in [0.2, 0.25) is 11.8 Å². The van der Waals surface area contributed by atoms with E-state index >= 15 is 0 Å². The van der Waals surface area contributed by atoms with Crippen LogP contribution in [0.4, 0.5) is 0 Å². The van der Waals surface area contributed by atoms with Crippen molar-refractivity contribution in [3.8, 4) is 11.8 Å². The molecular formula is C26H32N4O4. The highest BCUT2D eigenvalue weighted by Crippen LogP contribution is 2.44. The van der Waals surface area contributed by atoms with Crippen molar-refractivity contribution >= 4 is 17.7 Å². The summed E-state index contributed by atoms with van der Waals surface area (Å²) in [7, 11) is 0. The number of fused-ring (bicyclic) bond motifs is 1. The van der Waals surface area contributed by atoms with Crippen LogP contribution in [0.1, 0.15) is 74.2 Å². The molecule has 4 aliphatic rings. The summed E-state index contributed by atoms with van der Waals surface area (Å²) in [6.45, 7) is 3.31. The Kier molecular flexibility index (Phi) is 6.07. The smallest absolute Gasteiger partial charge is 0.255 e. The highest BCUT2D eigenvalue weighted by molar-refractivity contribution is 6.05. The second kappa shape index (κ2) is 9.03. The number of amides is 3. The number of rotatable bonds is 6. The second-order valence-corrected chi connectivity index (χ2v) is 10.6. The van der Waals surface area contributed by atoms with Crippen LogP contribution in [-0.2, 0) is 16.1 Å². The number of hydrogen-bond acceptors (Lipinski definition) is 6. The first-order valence-corrected chi connectivity index (χ1v) is 12.4. The second-order valence-electron chi connectivity index (χ2n) is 10.6. The highest BCUT2D eigenvalue weighted by Gasteiger charge is 2.41. The van der Waals surface area contributed by atoms with Gasteiger partial charge in [-0.05, 0) is 81.7 Å². The van der Waals surface area contributed by atoms with Crippen LogP contribution >= 0.6 is 0 Å². The molecule has 2 aliphatic heterocycles. The minimum Gasteiger partial charge on any atom is -0.489 e. The van der Waals surface area contributed by atoms with Crippen molar-refractivity contribution in [2.24, 2.45) is 11.3 Å². The lowest BCUT2D eigenvalue weighted by Gasteiger charge is -2.41. The van der Waals surface area contributed by atoms with Crippen molar-refractivity contribution in [1.82, 2.24) is 15.5 Å². The molecule has 0 aromatic heterocycles. The lowest BCUT2D eigenvalue weighted by molar-refractivity contribution is -0.136. The van der Waals surface area contributed by atoms with Crippen LogP contribution in [0.2, 0.25) is 0 Å². The van der Waals surface area contributed by atoms with Crippen molar-refractivity contribution in [3.05, 3.63) is 29.3 Å². The Morgan fingerprint density at radius 3 is 2.76 bits per heavy atom. The van der Waals surface area contributed by atoms with Crippen molar-refractivity contribution in [3.63, 3.8) is 0 Å². The summed E-state index contributed by atoms with van der Waals surface area (Å²) in [5.74, 6) is 0.449. The molecule has 8 heteroatoms. The van der Waals surface area contributed by atoms with Crippen molar-refractivity contribution < 1.29 is 19.1 Å². The summed E-state index contributed by atoms with van der Waals surface area (Å²) >= 11 is 0. The van der Waals surface area contributed by atoms with E-state index in [9.17, 15) is 19.6 Å². The topological polar surface area (TPSA) is 112 Å². The van der Waals surface area contributed by atoms with E-state index in [0.717, 1.165) is 50.0 Å². The molecule has 1 aromatic carbocycles. The van der Waals surface area contributed by atoms with Gasteiger partial charge in [-0.1, -0.05) is 6.42 Å². The molecule has 0 spiro atoms. The molecule has 0 unspecified atom stereocenters. The zero-order chi connectivity index (χ0) is 23.9. The Balaban J connectivity index is 1.21. The molecule has 0 radical (unpaired) electrons. The summed E-state index contributed by atoms with van der Waals surface area (Å²) in [6.07, 6.45) is 6.95. The van der Waals surface area contributed by atoms with Gasteiger partial charge in [-0.15, -0.1) is 0 Å². The zero-order valence-electron chi connectivity index (χ0n) is 19.6. The van der Waals surface area contributed by atoms with Crippen LogP contribution in [0.3, 0.4) is 0 Å². The first-order chi connectivity index (χ1) is 16.3. The van der Waals surface area contributed by atoms with Crippen molar-refractivity contribution in [2.45, 2.75) is 83.0 Å². The van der Waals surface area contributed by atoms with Gasteiger partial charge in [0, 0.05) is 24.6 Å². The van der Waals surface area contributed by atoms with Crippen molar-refractivity contribution in [2.75, 3.05) is 6.54 Å². The molecule has 180 valence electrons. The van der Waals surface area contributed by atoms with E-state index in [0.29, 0.717) is 24.4 Å². The maximum Gasteiger partial charge on any atom is 0.255 e. The van der Waals surface area contributed by atoms with E-state index in [2.05, 4.69) is 16.7 Å². The Morgan fingerprint density at radius 1 is 1.21 bits per heavy atom. The Hall–Kier alpha value is -2.92. The van der Waals surface area contributed by atoms with E-state index in [1.165, 1.54) is 6.42 Å². The minimum atomic E-state index is -0.608. The number of piperidine rings is 1. The Morgan fingerprint density at radius 2 is 2.00 bits per heavy atom. The molecule has 3 fully saturated rings. The number of nitrogens with zero attached hydrogens (tertiary/aromatic N) is 2. The predicted molar refractivity (Wildman–Crippen MR) is 124 cm³/mol. The molecule has 2 heterocycles. The number of hydrogen-bond donors (Lipinski definition) is 2. The highest BCUT2D eigenvalue weighted by atomic mass is 16.5. The van der Waals surface area contributed by atoms with Crippen LogP contribution in [-0.4, -0.2) is 47.4 Å². The molecule has 0 bridgehead atoms. The molecule has 5 rings (SSSR count). The van der Waals surface area contributed by atoms with Gasteiger partial charge in [-0.3, -0.25) is 19.7 Å². The average Bonchev–Trinajstić information content (AvgIpc) is 3.12. The monoisotopic (exact) mass is 464 g/mol. The van der Waals surface area contributed by atoms with Gasteiger partial charge < -0.3 is 15.0 Å². The zero-order valence-corrected chi connectivity index (χ0v) is 19.6. The third kappa shape index (κ3) is 4.41. The van der Waals surface area contributed by atoms with E-state index in [1.807, 2.05) is 19.1 Å². The molecule has 2 saturated carbocycles. The molecular weight excluding hydrogens is 432 g/mol. The number of carbonyl (C=O) groups excluding carboxylic acids is 3. The molecule has 8 nitrogen and oxygen atoms in total. The molecule has 34 heavy (non-hydrogen) atoms. The lowest BCUT2D eigenvalue weighted by Crippen LogP contribution is -2.52. The number of ether oxygens (including phenoxy) is 1. The van der Waals surface area contributed by atoms with E-state index in [-0.39, 0.29) is 35.8 Å². The molecule has 2 aliphatic carbocycles. The van der Waals surface area contributed by atoms with Gasteiger partial charge in [0.1, 0.15) is 17.9 Å². The van der Waals surface area contributed by atoms with Gasteiger partial charge >= 0.3 is 0 Å². The Labute approximate surface area is 200 Å². The number of nitriles is 1. The molecule has 1 aromatic rings. The lowest BCUT2D eigenvalue weighted by atomic mass is 9.64. The summed E-state index contributed by atoms with van der Waals surface area (Å²) in [5, 5.41) is 15.3. The van der Waals surface area contributed by atoms with Crippen LogP contribution in [0, 0.1) is 22.7 Å². The minimum absolute atomic E-state index is 0.0672. The number of imide groups is 1. The van der Waals surface area contributed by atoms with E-state index in [1.54, 1.807) is 11.0 Å². The number of benzene rings is 1. The number of nitrogens with one attached hydrogen (secondary N) is 2. The maximum atomic E-state index is 12.9. The van der Waals surface area contributed by atoms with Crippen LogP contribution in [0.15, 0.2) is 18.2 Å². The fourth-order valence-electron chi connectivity index (χ4n) is 6.04. The first-order valence-electron chi connectivity index (χ1n) is 12.4. The summed E-state index contributed by atoms with van der Waals surface area (Å²) < 4.78 is 6.42. The first kappa shape index (κ1) is 22.9. The fraction of sp³-hybridized carbons (Fsp3) is 0.615. The average molecular weight is 465 g/mol. The largest absolute Gasteiger partial charge is 0.489 e. The van der Waals surface area contributed by atoms with Crippen LogP contribution < -0.4 is 15.4 Å². The van der Waals surface area contributed by atoms with Gasteiger partial charge in [0.25, 0.3) is 5.91 Å². The van der Waals surface area contributed by atoms with Crippen molar-refractivity contribution in [1.29, 1.82) is 5.26 Å². The molecule has 2 N–H and O–H groups in total. The fourth-order valence-corrected chi connectivity index (χ4v) is 6.04. The SMILES string of the molecule is CC1(C#N)CC(CN[C@H]2CCCC[C@@H]2Oc2ccc3c(c2)CN([C@H]2CCC(=O)NC2=O)C3=O)C1. The molecule has 3 amide bonds. The number of carbonyl (C=O) groups is 3. The maximum absolute atomic E-state index is 12.9. The summed E-state index contributed by atoms with van der Waals surface area (Å²) in [4.78, 5) is 38.2. The van der Waals surface area contributed by atoms with E-state index < -0.39 is 11.9 Å². The van der Waals surface area contributed by atoms with Gasteiger partial charge in [0.05, 0.1) is 11.5 Å². The van der Waals surface area contributed by atoms with Crippen LogP contribution in [0.5, 0.6) is 5.75 Å². The standard InChI is InChI=1S/C26H32N4O4/c1-26(15-27)11-16(12-26)13-28-20-4-2-3-5-22(20)34-18-6-7-19-17(10-18)14-30(25(19)33)21-8-9-23(31)29-24(21)32/h6-7,10,16,20-22,28H,2-5,8-9,11-14H2,1H3,(H,29,31,32)/t16?,20-,21-,22-,26?/m0/s1. The van der Waals surface area contributed by atoms with Gasteiger partial charge in [-0.25, -0.2) is 0 Å².